The average Bonchev–Trinajstić information content (AvgIpc) is 2.97. The van der Waals surface area contributed by atoms with E-state index in [4.69, 9.17) is 13.9 Å². The molecule has 4 heteroatoms. The minimum Gasteiger partial charge on any atom is -0.408 e. The van der Waals surface area contributed by atoms with Crippen LogP contribution in [0.15, 0.2) is 36.9 Å². The quantitative estimate of drug-likeness (QED) is 0.429. The molecule has 0 saturated heterocycles. The van der Waals surface area contributed by atoms with Crippen LogP contribution in [-0.4, -0.2) is 34.4 Å². The number of methoxy groups -OCH3 is 2. The van der Waals surface area contributed by atoms with Gasteiger partial charge in [-0.25, -0.2) is 0 Å². The van der Waals surface area contributed by atoms with Crippen LogP contribution in [0.25, 0.3) is 5.57 Å². The van der Waals surface area contributed by atoms with Gasteiger partial charge >= 0.3 is 0 Å². The molecule has 0 aromatic heterocycles. The van der Waals surface area contributed by atoms with Crippen molar-refractivity contribution in [1.29, 1.82) is 0 Å². The maximum atomic E-state index is 6.87. The lowest BCUT2D eigenvalue weighted by molar-refractivity contribution is -0.110. The summed E-state index contributed by atoms with van der Waals surface area (Å²) in [6, 6.07) is 10.5. The van der Waals surface area contributed by atoms with Crippen LogP contribution >= 0.6 is 0 Å². The molecule has 1 saturated carbocycles. The zero-order chi connectivity index (χ0) is 18.5. The van der Waals surface area contributed by atoms with E-state index in [1.54, 1.807) is 14.2 Å². The monoisotopic (exact) mass is 362 g/mol. The molecule has 2 rings (SSSR count). The number of ether oxygens (including phenoxy) is 2. The van der Waals surface area contributed by atoms with Crippen molar-refractivity contribution in [3.63, 3.8) is 0 Å². The van der Waals surface area contributed by atoms with Gasteiger partial charge in [0.15, 0.2) is 14.6 Å². The molecule has 2 atom stereocenters. The fraction of sp³-hybridized carbons (Fsp3) is 0.619. The predicted molar refractivity (Wildman–Crippen MR) is 107 cm³/mol. The third-order valence-corrected chi connectivity index (χ3v) is 6.13. The topological polar surface area (TPSA) is 27.7 Å². The Hall–Kier alpha value is -0.943. The van der Waals surface area contributed by atoms with Gasteiger partial charge in [-0.2, -0.15) is 0 Å². The summed E-state index contributed by atoms with van der Waals surface area (Å²) in [7, 11) is 1.68. The molecule has 0 unspecified atom stereocenters. The van der Waals surface area contributed by atoms with E-state index < -0.39 is 8.32 Å². The summed E-state index contributed by atoms with van der Waals surface area (Å²) in [4.78, 5) is 0. The van der Waals surface area contributed by atoms with Crippen molar-refractivity contribution in [2.45, 2.75) is 63.6 Å². The predicted octanol–water partition coefficient (Wildman–Crippen LogP) is 5.49. The second-order valence-electron chi connectivity index (χ2n) is 8.02. The Kier molecular flexibility index (Phi) is 7.03. The maximum absolute atomic E-state index is 6.87. The molecule has 1 aliphatic carbocycles. The van der Waals surface area contributed by atoms with Crippen LogP contribution in [0.4, 0.5) is 0 Å². The molecule has 1 aromatic carbocycles. The van der Waals surface area contributed by atoms with Gasteiger partial charge in [-0.1, -0.05) is 36.9 Å². The van der Waals surface area contributed by atoms with Crippen LogP contribution in [0.5, 0.6) is 0 Å². The first-order valence-electron chi connectivity index (χ1n) is 9.33. The second kappa shape index (κ2) is 8.63. The zero-order valence-electron chi connectivity index (χ0n) is 16.5. The van der Waals surface area contributed by atoms with Gasteiger partial charge in [0, 0.05) is 14.2 Å². The first-order valence-corrected chi connectivity index (χ1v) is 12.7. The molecule has 25 heavy (non-hydrogen) atoms. The molecule has 0 radical (unpaired) electrons. The van der Waals surface area contributed by atoms with Gasteiger partial charge in [-0.3, -0.25) is 0 Å². The van der Waals surface area contributed by atoms with Crippen LogP contribution < -0.4 is 0 Å². The molecule has 1 fully saturated rings. The van der Waals surface area contributed by atoms with E-state index in [9.17, 15) is 0 Å². The minimum atomic E-state index is -1.73. The van der Waals surface area contributed by atoms with E-state index in [-0.39, 0.29) is 11.9 Å². The molecule has 0 heterocycles. The highest BCUT2D eigenvalue weighted by atomic mass is 28.4. The number of rotatable bonds is 9. The lowest BCUT2D eigenvalue weighted by Crippen LogP contribution is -2.46. The Balaban J connectivity index is 2.29. The van der Waals surface area contributed by atoms with Crippen LogP contribution in [0, 0.1) is 5.92 Å². The van der Waals surface area contributed by atoms with Crippen LogP contribution in [0.1, 0.15) is 37.7 Å². The maximum Gasteiger partial charge on any atom is 0.184 e. The van der Waals surface area contributed by atoms with E-state index in [2.05, 4.69) is 56.6 Å². The Bertz CT molecular complexity index is 548. The van der Waals surface area contributed by atoms with Gasteiger partial charge in [0.05, 0.1) is 5.60 Å². The zero-order valence-corrected chi connectivity index (χ0v) is 17.5. The lowest BCUT2D eigenvalue weighted by atomic mass is 9.79. The standard InChI is InChI=1S/C21H34O3Si/c1-17(18-11-8-7-9-12-18)21(24-25(4,5)6)16-10-13-19(21)14-15-20(22-2)23-3/h7-9,11-12,19-20H,1,10,13-16H2,2-6H3/t19-,21+/m0/s1. The van der Waals surface area contributed by atoms with Crippen LogP contribution in [0.2, 0.25) is 19.6 Å². The normalized spacial score (nSPS) is 24.0. The van der Waals surface area contributed by atoms with E-state index in [0.29, 0.717) is 5.92 Å². The van der Waals surface area contributed by atoms with Gasteiger partial charge in [-0.05, 0) is 68.8 Å². The fourth-order valence-corrected chi connectivity index (χ4v) is 5.60. The number of hydrogen-bond donors (Lipinski definition) is 0. The first-order chi connectivity index (χ1) is 11.8. The van der Waals surface area contributed by atoms with Crippen molar-refractivity contribution in [2.24, 2.45) is 5.92 Å². The Morgan fingerprint density at radius 3 is 2.40 bits per heavy atom. The highest BCUT2D eigenvalue weighted by Crippen LogP contribution is 2.50. The average molecular weight is 363 g/mol. The van der Waals surface area contributed by atoms with Crippen molar-refractivity contribution in [3.05, 3.63) is 42.5 Å². The minimum absolute atomic E-state index is 0.143. The van der Waals surface area contributed by atoms with E-state index >= 15 is 0 Å². The van der Waals surface area contributed by atoms with Crippen molar-refractivity contribution in [1.82, 2.24) is 0 Å². The molecule has 0 aliphatic heterocycles. The van der Waals surface area contributed by atoms with Crippen molar-refractivity contribution < 1.29 is 13.9 Å². The molecule has 3 nitrogen and oxygen atoms in total. The highest BCUT2D eigenvalue weighted by molar-refractivity contribution is 6.69. The van der Waals surface area contributed by atoms with Crippen molar-refractivity contribution in [2.75, 3.05) is 14.2 Å². The summed E-state index contributed by atoms with van der Waals surface area (Å²) in [5.41, 5.74) is 2.09. The molecule has 140 valence electrons. The molecule has 0 N–H and O–H groups in total. The molecule has 0 amide bonds. The van der Waals surface area contributed by atoms with Crippen molar-refractivity contribution in [3.8, 4) is 0 Å². The largest absolute Gasteiger partial charge is 0.408 e. The van der Waals surface area contributed by atoms with Gasteiger partial charge in [0.2, 0.25) is 0 Å². The fourth-order valence-electron chi connectivity index (χ4n) is 4.12. The van der Waals surface area contributed by atoms with Gasteiger partial charge < -0.3 is 13.9 Å². The first kappa shape index (κ1) is 20.4. The summed E-state index contributed by atoms with van der Waals surface area (Å²) in [6.07, 6.45) is 5.19. The number of hydrogen-bond acceptors (Lipinski definition) is 3. The molecule has 1 aliphatic rings. The smallest absolute Gasteiger partial charge is 0.184 e. The van der Waals surface area contributed by atoms with E-state index in [0.717, 1.165) is 24.8 Å². The van der Waals surface area contributed by atoms with Crippen molar-refractivity contribution >= 4 is 13.9 Å². The Labute approximate surface area is 154 Å². The Morgan fingerprint density at radius 2 is 1.84 bits per heavy atom. The highest BCUT2D eigenvalue weighted by Gasteiger charge is 2.48. The van der Waals surface area contributed by atoms with Crippen LogP contribution in [0.3, 0.4) is 0 Å². The molecule has 1 aromatic rings. The van der Waals surface area contributed by atoms with E-state index in [1.807, 2.05) is 0 Å². The van der Waals surface area contributed by atoms with Gasteiger partial charge in [0.25, 0.3) is 0 Å². The summed E-state index contributed by atoms with van der Waals surface area (Å²) in [6.45, 7) is 11.3. The molecular weight excluding hydrogens is 328 g/mol. The SMILES string of the molecule is C=C(c1ccccc1)[C@]1(O[Si](C)(C)C)CCC[C@H]1CCC(OC)OC. The summed E-state index contributed by atoms with van der Waals surface area (Å²) < 4.78 is 17.7. The third kappa shape index (κ3) is 5.04. The summed E-state index contributed by atoms with van der Waals surface area (Å²) >= 11 is 0. The van der Waals surface area contributed by atoms with Crippen LogP contribution in [-0.2, 0) is 13.9 Å². The summed E-state index contributed by atoms with van der Waals surface area (Å²) in [5, 5.41) is 0. The third-order valence-electron chi connectivity index (χ3n) is 5.16. The van der Waals surface area contributed by atoms with Gasteiger partial charge in [-0.15, -0.1) is 0 Å². The van der Waals surface area contributed by atoms with Gasteiger partial charge in [0.1, 0.15) is 0 Å². The molecule has 0 spiro atoms. The second-order valence-corrected chi connectivity index (χ2v) is 12.4. The summed E-state index contributed by atoms with van der Waals surface area (Å²) in [5.74, 6) is 0.458. The lowest BCUT2D eigenvalue weighted by Gasteiger charge is -2.43. The Morgan fingerprint density at radius 1 is 1.20 bits per heavy atom. The van der Waals surface area contributed by atoms with E-state index in [1.165, 1.54) is 18.4 Å². The molecule has 0 bridgehead atoms. The molecular formula is C21H34O3Si. The number of benzene rings is 1.